The maximum absolute atomic E-state index is 13.3. The van der Waals surface area contributed by atoms with E-state index in [0.717, 1.165) is 11.3 Å². The number of aryl methyl sites for hydroxylation is 3. The largest absolute Gasteiger partial charge is 0.466 e. The predicted molar refractivity (Wildman–Crippen MR) is 128 cm³/mol. The number of anilines is 1. The van der Waals surface area contributed by atoms with E-state index in [-0.39, 0.29) is 16.7 Å². The third kappa shape index (κ3) is 4.22. The minimum absolute atomic E-state index is 0.149. The number of nitrogens with one attached hydrogen (secondary N) is 1. The van der Waals surface area contributed by atoms with Gasteiger partial charge in [0.15, 0.2) is 0 Å². The minimum atomic E-state index is -3.62. The summed E-state index contributed by atoms with van der Waals surface area (Å²) in [5, 5.41) is 7.30. The first kappa shape index (κ1) is 23.7. The molecule has 4 rings (SSSR count). The summed E-state index contributed by atoms with van der Waals surface area (Å²) in [6, 6.07) is 9.41. The Bertz CT molecular complexity index is 1480. The second-order valence-corrected chi connectivity index (χ2v) is 10.4. The van der Waals surface area contributed by atoms with Gasteiger partial charge >= 0.3 is 0 Å². The molecule has 0 aliphatic carbocycles. The SMILES string of the molecule is Cc1cc(-c2cc(C(=O)Nc3ccc(S(=O)(=O)N(C)C(C)C)cc3)c3c(C)noc3n2)c(C)o1. The Balaban J connectivity index is 1.68. The molecule has 0 spiro atoms. The van der Waals surface area contributed by atoms with Crippen LogP contribution in [0.15, 0.2) is 50.2 Å². The molecule has 0 fully saturated rings. The molecule has 0 atom stereocenters. The van der Waals surface area contributed by atoms with Crippen molar-refractivity contribution >= 4 is 32.7 Å². The number of nitrogens with zero attached hydrogens (tertiary/aromatic N) is 3. The first-order chi connectivity index (χ1) is 16.0. The third-order valence-electron chi connectivity index (χ3n) is 5.70. The zero-order valence-corrected chi connectivity index (χ0v) is 20.6. The van der Waals surface area contributed by atoms with Gasteiger partial charge in [-0.15, -0.1) is 0 Å². The van der Waals surface area contributed by atoms with Gasteiger partial charge in [-0.25, -0.2) is 13.4 Å². The smallest absolute Gasteiger partial charge is 0.259 e. The highest BCUT2D eigenvalue weighted by molar-refractivity contribution is 7.89. The lowest BCUT2D eigenvalue weighted by Crippen LogP contribution is -2.33. The Hall–Kier alpha value is -3.50. The van der Waals surface area contributed by atoms with Crippen LogP contribution in [0.1, 0.15) is 41.4 Å². The fraction of sp³-hybridized carbons (Fsp3) is 0.292. The molecule has 34 heavy (non-hydrogen) atoms. The highest BCUT2D eigenvalue weighted by atomic mass is 32.2. The molecule has 0 bridgehead atoms. The van der Waals surface area contributed by atoms with Gasteiger partial charge in [0.1, 0.15) is 11.5 Å². The quantitative estimate of drug-likeness (QED) is 0.423. The molecular weight excluding hydrogens is 456 g/mol. The summed E-state index contributed by atoms with van der Waals surface area (Å²) < 4.78 is 37.6. The molecule has 1 aromatic carbocycles. The maximum atomic E-state index is 13.3. The van der Waals surface area contributed by atoms with Gasteiger partial charge in [-0.2, -0.15) is 4.31 Å². The summed E-state index contributed by atoms with van der Waals surface area (Å²) in [4.78, 5) is 17.9. The average Bonchev–Trinajstić information content (AvgIpc) is 3.33. The molecular formula is C24H26N4O5S. The molecule has 9 nitrogen and oxygen atoms in total. The highest BCUT2D eigenvalue weighted by Crippen LogP contribution is 2.31. The molecule has 1 N–H and O–H groups in total. The Morgan fingerprint density at radius 3 is 2.35 bits per heavy atom. The summed E-state index contributed by atoms with van der Waals surface area (Å²) >= 11 is 0. The number of amides is 1. The van der Waals surface area contributed by atoms with E-state index in [1.54, 1.807) is 39.0 Å². The van der Waals surface area contributed by atoms with Crippen LogP contribution in [0.25, 0.3) is 22.4 Å². The van der Waals surface area contributed by atoms with Gasteiger partial charge in [0.25, 0.3) is 11.6 Å². The molecule has 0 aliphatic rings. The molecule has 0 unspecified atom stereocenters. The highest BCUT2D eigenvalue weighted by Gasteiger charge is 2.24. The lowest BCUT2D eigenvalue weighted by Gasteiger charge is -2.21. The number of carbonyl (C=O) groups is 1. The van der Waals surface area contributed by atoms with E-state index in [1.165, 1.54) is 23.5 Å². The fourth-order valence-electron chi connectivity index (χ4n) is 3.65. The Morgan fingerprint density at radius 1 is 1.09 bits per heavy atom. The van der Waals surface area contributed by atoms with E-state index >= 15 is 0 Å². The molecule has 0 saturated heterocycles. The summed E-state index contributed by atoms with van der Waals surface area (Å²) in [5.74, 6) is 1.01. The van der Waals surface area contributed by atoms with E-state index in [0.29, 0.717) is 33.8 Å². The van der Waals surface area contributed by atoms with Gasteiger partial charge in [-0.3, -0.25) is 4.79 Å². The van der Waals surface area contributed by atoms with Crippen molar-refractivity contribution < 1.29 is 22.2 Å². The van der Waals surface area contributed by atoms with Crippen molar-refractivity contribution in [2.24, 2.45) is 0 Å². The van der Waals surface area contributed by atoms with Crippen LogP contribution in [-0.2, 0) is 10.0 Å². The first-order valence-corrected chi connectivity index (χ1v) is 12.2. The number of furan rings is 1. The van der Waals surface area contributed by atoms with Crippen LogP contribution < -0.4 is 5.32 Å². The van der Waals surface area contributed by atoms with Crippen LogP contribution in [0.3, 0.4) is 0 Å². The molecule has 4 aromatic rings. The van der Waals surface area contributed by atoms with Crippen molar-refractivity contribution in [3.05, 3.63) is 59.2 Å². The van der Waals surface area contributed by atoms with Crippen molar-refractivity contribution in [3.8, 4) is 11.3 Å². The standard InChI is InChI=1S/C24H26N4O5S/c1-13(2)28(6)34(30,31)18-9-7-17(8-10-18)25-23(29)20-12-21(19-11-14(3)32-16(19)5)26-24-22(20)15(4)27-33-24/h7-13H,1-6H3,(H,25,29). The van der Waals surface area contributed by atoms with Crippen molar-refractivity contribution in [2.75, 3.05) is 12.4 Å². The summed E-state index contributed by atoms with van der Waals surface area (Å²) in [7, 11) is -2.08. The Labute approximate surface area is 197 Å². The molecule has 3 heterocycles. The van der Waals surface area contributed by atoms with E-state index in [1.807, 2.05) is 19.9 Å². The van der Waals surface area contributed by atoms with E-state index < -0.39 is 15.9 Å². The molecule has 0 radical (unpaired) electrons. The number of pyridine rings is 1. The molecule has 10 heteroatoms. The first-order valence-electron chi connectivity index (χ1n) is 10.7. The Morgan fingerprint density at radius 2 is 1.76 bits per heavy atom. The summed E-state index contributed by atoms with van der Waals surface area (Å²) in [6.07, 6.45) is 0. The Kier molecular flexibility index (Phi) is 6.05. The van der Waals surface area contributed by atoms with Crippen molar-refractivity contribution in [3.63, 3.8) is 0 Å². The van der Waals surface area contributed by atoms with Crippen molar-refractivity contribution in [1.82, 2.24) is 14.4 Å². The van der Waals surface area contributed by atoms with Crippen LogP contribution in [-0.4, -0.2) is 41.9 Å². The van der Waals surface area contributed by atoms with Crippen molar-refractivity contribution in [2.45, 2.75) is 45.6 Å². The second-order valence-electron chi connectivity index (χ2n) is 8.42. The number of hydrogen-bond acceptors (Lipinski definition) is 7. The number of fused-ring (bicyclic) bond motifs is 1. The van der Waals surface area contributed by atoms with Gasteiger partial charge in [-0.1, -0.05) is 5.16 Å². The number of carbonyl (C=O) groups excluding carboxylic acids is 1. The van der Waals surface area contributed by atoms with E-state index in [4.69, 9.17) is 8.94 Å². The minimum Gasteiger partial charge on any atom is -0.466 e. The number of sulfonamides is 1. The number of hydrogen-bond donors (Lipinski definition) is 1. The van der Waals surface area contributed by atoms with E-state index in [2.05, 4.69) is 15.5 Å². The summed E-state index contributed by atoms with van der Waals surface area (Å²) in [5.41, 5.74) is 2.86. The van der Waals surface area contributed by atoms with E-state index in [9.17, 15) is 13.2 Å². The molecule has 178 valence electrons. The van der Waals surface area contributed by atoms with Gasteiger partial charge in [0.05, 0.1) is 27.2 Å². The van der Waals surface area contributed by atoms with Crippen LogP contribution >= 0.6 is 0 Å². The topological polar surface area (TPSA) is 119 Å². The maximum Gasteiger partial charge on any atom is 0.259 e. The van der Waals surface area contributed by atoms with Crippen LogP contribution in [0, 0.1) is 20.8 Å². The monoisotopic (exact) mass is 482 g/mol. The van der Waals surface area contributed by atoms with Gasteiger partial charge < -0.3 is 14.3 Å². The lowest BCUT2D eigenvalue weighted by atomic mass is 10.1. The number of rotatable bonds is 6. The zero-order valence-electron chi connectivity index (χ0n) is 19.8. The zero-order chi connectivity index (χ0) is 24.8. The summed E-state index contributed by atoms with van der Waals surface area (Å²) in [6.45, 7) is 9.00. The molecule has 3 aromatic heterocycles. The van der Waals surface area contributed by atoms with Crippen LogP contribution in [0.4, 0.5) is 5.69 Å². The number of benzene rings is 1. The fourth-order valence-corrected chi connectivity index (χ4v) is 5.02. The average molecular weight is 483 g/mol. The molecule has 0 aliphatic heterocycles. The lowest BCUT2D eigenvalue weighted by molar-refractivity contribution is 0.102. The van der Waals surface area contributed by atoms with Gasteiger partial charge in [-0.05, 0) is 71.0 Å². The van der Waals surface area contributed by atoms with Crippen LogP contribution in [0.2, 0.25) is 0 Å². The van der Waals surface area contributed by atoms with Crippen LogP contribution in [0.5, 0.6) is 0 Å². The van der Waals surface area contributed by atoms with Gasteiger partial charge in [0.2, 0.25) is 10.0 Å². The van der Waals surface area contributed by atoms with Gasteiger partial charge in [0, 0.05) is 24.3 Å². The third-order valence-corrected chi connectivity index (χ3v) is 7.74. The van der Waals surface area contributed by atoms with Crippen molar-refractivity contribution in [1.29, 1.82) is 0 Å². The molecule has 1 amide bonds. The second kappa shape index (κ2) is 8.69. The number of aromatic nitrogens is 2. The molecule has 0 saturated carbocycles. The predicted octanol–water partition coefficient (Wildman–Crippen LogP) is 4.69. The normalized spacial score (nSPS) is 12.1.